The number of benzene rings is 1. The van der Waals surface area contributed by atoms with Crippen LogP contribution in [0, 0.1) is 5.82 Å². The molecule has 1 N–H and O–H groups in total. The second-order valence-electron chi connectivity index (χ2n) is 7.49. The smallest absolute Gasteiger partial charge is 0.338 e. The fourth-order valence-corrected chi connectivity index (χ4v) is 3.77. The Morgan fingerprint density at radius 3 is 2.53 bits per heavy atom. The van der Waals surface area contributed by atoms with Crippen LogP contribution in [0.15, 0.2) is 48.2 Å². The summed E-state index contributed by atoms with van der Waals surface area (Å²) in [5.41, 5.74) is 1.61. The lowest BCUT2D eigenvalue weighted by Gasteiger charge is -2.40. The monoisotopic (exact) mass is 416 g/mol. The van der Waals surface area contributed by atoms with Crippen LogP contribution < -0.4 is 5.32 Å². The first-order valence-electron chi connectivity index (χ1n) is 10.2. The summed E-state index contributed by atoms with van der Waals surface area (Å²) in [4.78, 5) is 32.0. The molecule has 2 aliphatic rings. The summed E-state index contributed by atoms with van der Waals surface area (Å²) in [6, 6.07) is 4.77. The molecule has 30 heavy (non-hydrogen) atoms. The van der Waals surface area contributed by atoms with Crippen molar-refractivity contribution in [1.82, 2.24) is 20.0 Å². The quantitative estimate of drug-likeness (QED) is 0.545. The van der Waals surface area contributed by atoms with Gasteiger partial charge in [0.15, 0.2) is 0 Å². The molecule has 1 aromatic rings. The predicted molar refractivity (Wildman–Crippen MR) is 112 cm³/mol. The first-order chi connectivity index (χ1) is 14.4. The number of carbonyl (C=O) groups excluding carboxylic acids is 2. The SMILES string of the molecule is C=CCN1C(=O)N[C@@H](c2ccc(F)cc2)C(C(=O)OCC)=C1CN1CCN(C)CC1. The maximum atomic E-state index is 13.5. The zero-order valence-electron chi connectivity index (χ0n) is 17.6. The van der Waals surface area contributed by atoms with Crippen molar-refractivity contribution in [2.24, 2.45) is 0 Å². The first-order valence-corrected chi connectivity index (χ1v) is 10.2. The minimum Gasteiger partial charge on any atom is -0.463 e. The number of amides is 2. The van der Waals surface area contributed by atoms with Gasteiger partial charge >= 0.3 is 12.0 Å². The van der Waals surface area contributed by atoms with Gasteiger partial charge in [0, 0.05) is 45.0 Å². The molecule has 0 radical (unpaired) electrons. The highest BCUT2D eigenvalue weighted by atomic mass is 19.1. The van der Waals surface area contributed by atoms with Gasteiger partial charge in [-0.1, -0.05) is 18.2 Å². The molecule has 162 valence electrons. The third-order valence-corrected chi connectivity index (χ3v) is 5.42. The second kappa shape index (κ2) is 9.86. The molecule has 1 fully saturated rings. The predicted octanol–water partition coefficient (Wildman–Crippen LogP) is 2.14. The average Bonchev–Trinajstić information content (AvgIpc) is 2.72. The number of nitrogens with zero attached hydrogens (tertiary/aromatic N) is 3. The molecule has 0 aromatic heterocycles. The molecule has 2 amide bonds. The van der Waals surface area contributed by atoms with E-state index in [0.717, 1.165) is 26.2 Å². The zero-order chi connectivity index (χ0) is 21.7. The van der Waals surface area contributed by atoms with Crippen LogP contribution in [0.5, 0.6) is 0 Å². The van der Waals surface area contributed by atoms with Crippen molar-refractivity contribution in [3.05, 3.63) is 59.6 Å². The second-order valence-corrected chi connectivity index (χ2v) is 7.49. The molecule has 1 aromatic carbocycles. The van der Waals surface area contributed by atoms with Crippen molar-refractivity contribution in [1.29, 1.82) is 0 Å². The van der Waals surface area contributed by atoms with E-state index in [1.54, 1.807) is 25.1 Å². The van der Waals surface area contributed by atoms with Gasteiger partial charge in [-0.25, -0.2) is 14.0 Å². The number of likely N-dealkylation sites (N-methyl/N-ethyl adjacent to an activating group) is 1. The maximum Gasteiger partial charge on any atom is 0.338 e. The molecule has 1 atom stereocenters. The third-order valence-electron chi connectivity index (χ3n) is 5.42. The molecule has 2 aliphatic heterocycles. The van der Waals surface area contributed by atoms with E-state index >= 15 is 0 Å². The largest absolute Gasteiger partial charge is 0.463 e. The Bertz CT molecular complexity index is 816. The number of carbonyl (C=O) groups is 2. The number of hydrogen-bond donors (Lipinski definition) is 1. The third kappa shape index (κ3) is 4.88. The highest BCUT2D eigenvalue weighted by Gasteiger charge is 2.38. The van der Waals surface area contributed by atoms with E-state index in [-0.39, 0.29) is 25.0 Å². The van der Waals surface area contributed by atoms with Gasteiger partial charge in [0.25, 0.3) is 0 Å². The van der Waals surface area contributed by atoms with Gasteiger partial charge in [0.2, 0.25) is 0 Å². The van der Waals surface area contributed by atoms with E-state index in [0.29, 0.717) is 23.4 Å². The van der Waals surface area contributed by atoms with Gasteiger partial charge in [-0.3, -0.25) is 9.80 Å². The lowest BCUT2D eigenvalue weighted by molar-refractivity contribution is -0.139. The number of hydrogen-bond acceptors (Lipinski definition) is 5. The topological polar surface area (TPSA) is 65.1 Å². The van der Waals surface area contributed by atoms with E-state index in [2.05, 4.69) is 28.7 Å². The normalized spacial score (nSPS) is 20.8. The highest BCUT2D eigenvalue weighted by Crippen LogP contribution is 2.32. The summed E-state index contributed by atoms with van der Waals surface area (Å²) < 4.78 is 18.8. The summed E-state index contributed by atoms with van der Waals surface area (Å²) in [7, 11) is 2.07. The fourth-order valence-electron chi connectivity index (χ4n) is 3.77. The Morgan fingerprint density at radius 1 is 1.27 bits per heavy atom. The van der Waals surface area contributed by atoms with Gasteiger partial charge < -0.3 is 15.0 Å². The molecule has 0 saturated carbocycles. The number of esters is 1. The summed E-state index contributed by atoms with van der Waals surface area (Å²) in [5.74, 6) is -0.862. The Hall–Kier alpha value is -2.71. The summed E-state index contributed by atoms with van der Waals surface area (Å²) in [6.45, 7) is 9.93. The summed E-state index contributed by atoms with van der Waals surface area (Å²) in [5, 5.41) is 2.88. The lowest BCUT2D eigenvalue weighted by atomic mass is 9.94. The summed E-state index contributed by atoms with van der Waals surface area (Å²) >= 11 is 0. The van der Waals surface area contributed by atoms with E-state index in [1.165, 1.54) is 17.0 Å². The molecule has 7 nitrogen and oxygen atoms in total. The van der Waals surface area contributed by atoms with Gasteiger partial charge in [-0.2, -0.15) is 0 Å². The Kier molecular flexibility index (Phi) is 7.23. The van der Waals surface area contributed by atoms with Gasteiger partial charge in [0.05, 0.1) is 18.2 Å². The van der Waals surface area contributed by atoms with E-state index in [4.69, 9.17) is 4.74 Å². The number of rotatable bonds is 7. The Morgan fingerprint density at radius 2 is 1.93 bits per heavy atom. The van der Waals surface area contributed by atoms with Crippen LogP contribution in [0.2, 0.25) is 0 Å². The standard InChI is InChI=1S/C22H29FN4O3/c1-4-10-27-18(15-26-13-11-25(3)12-14-26)19(21(28)30-5-2)20(24-22(27)29)16-6-8-17(23)9-7-16/h4,6-9,20H,1,5,10-15H2,2-3H3,(H,24,29)/t20-/m0/s1. The van der Waals surface area contributed by atoms with Crippen molar-refractivity contribution in [2.75, 3.05) is 52.9 Å². The maximum absolute atomic E-state index is 13.5. The van der Waals surface area contributed by atoms with Crippen molar-refractivity contribution in [3.8, 4) is 0 Å². The molecule has 1 saturated heterocycles. The summed E-state index contributed by atoms with van der Waals surface area (Å²) in [6.07, 6.45) is 1.63. The van der Waals surface area contributed by atoms with Crippen LogP contribution in [-0.4, -0.2) is 79.6 Å². The van der Waals surface area contributed by atoms with Crippen molar-refractivity contribution in [2.45, 2.75) is 13.0 Å². The van der Waals surface area contributed by atoms with Crippen LogP contribution in [0.3, 0.4) is 0 Å². The van der Waals surface area contributed by atoms with E-state index in [9.17, 15) is 14.0 Å². The molecular formula is C22H29FN4O3. The number of nitrogens with one attached hydrogen (secondary N) is 1. The molecule has 8 heteroatoms. The Labute approximate surface area is 176 Å². The number of urea groups is 1. The number of ether oxygens (including phenoxy) is 1. The minimum atomic E-state index is -0.708. The Balaban J connectivity index is 2.06. The molecule has 0 aliphatic carbocycles. The molecular weight excluding hydrogens is 387 g/mol. The van der Waals surface area contributed by atoms with E-state index < -0.39 is 12.0 Å². The van der Waals surface area contributed by atoms with Crippen LogP contribution in [-0.2, 0) is 9.53 Å². The van der Waals surface area contributed by atoms with Crippen LogP contribution in [0.4, 0.5) is 9.18 Å². The number of piperazine rings is 1. The molecule has 0 spiro atoms. The average molecular weight is 416 g/mol. The van der Waals surface area contributed by atoms with Crippen LogP contribution >= 0.6 is 0 Å². The van der Waals surface area contributed by atoms with Crippen LogP contribution in [0.1, 0.15) is 18.5 Å². The van der Waals surface area contributed by atoms with Gasteiger partial charge in [0.1, 0.15) is 5.82 Å². The van der Waals surface area contributed by atoms with Crippen LogP contribution in [0.25, 0.3) is 0 Å². The number of halogens is 1. The van der Waals surface area contributed by atoms with Crippen molar-refractivity contribution in [3.63, 3.8) is 0 Å². The fraction of sp³-hybridized carbons (Fsp3) is 0.455. The van der Waals surface area contributed by atoms with Crippen molar-refractivity contribution < 1.29 is 18.7 Å². The molecule has 0 unspecified atom stereocenters. The lowest BCUT2D eigenvalue weighted by Crippen LogP contribution is -2.52. The van der Waals surface area contributed by atoms with E-state index in [1.807, 2.05) is 0 Å². The molecule has 2 heterocycles. The minimum absolute atomic E-state index is 0.218. The van der Waals surface area contributed by atoms with Gasteiger partial charge in [-0.15, -0.1) is 6.58 Å². The highest BCUT2D eigenvalue weighted by molar-refractivity contribution is 5.95. The molecule has 3 rings (SSSR count). The molecule has 0 bridgehead atoms. The zero-order valence-corrected chi connectivity index (χ0v) is 17.6. The van der Waals surface area contributed by atoms with Crippen molar-refractivity contribution >= 4 is 12.0 Å². The first kappa shape index (κ1) is 22.0. The van der Waals surface area contributed by atoms with Gasteiger partial charge in [-0.05, 0) is 31.7 Å².